The van der Waals surface area contributed by atoms with Crippen molar-refractivity contribution < 1.29 is 9.47 Å². The number of hydrogen-bond donors (Lipinski definition) is 1. The summed E-state index contributed by atoms with van der Waals surface area (Å²) in [5.41, 5.74) is 7.48. The van der Waals surface area contributed by atoms with Gasteiger partial charge >= 0.3 is 0 Å². The summed E-state index contributed by atoms with van der Waals surface area (Å²) >= 11 is 5.85. The van der Waals surface area contributed by atoms with Crippen LogP contribution in [-0.4, -0.2) is 13.2 Å². The molecule has 2 rings (SSSR count). The molecule has 0 amide bonds. The average Bonchev–Trinajstić information content (AvgIpc) is 2.47. The van der Waals surface area contributed by atoms with Gasteiger partial charge in [0.15, 0.2) is 0 Å². The summed E-state index contributed by atoms with van der Waals surface area (Å²) in [5.74, 6) is 1.56. The molecule has 0 aliphatic carbocycles. The van der Waals surface area contributed by atoms with Crippen molar-refractivity contribution in [3.63, 3.8) is 0 Å². The minimum absolute atomic E-state index is 0.456. The molecule has 0 saturated carbocycles. The standard InChI is InChI=1S/C16H18ClNO2/c1-2-12-4-3-5-13(10-12)19-8-9-20-14-6-7-15(17)16(18)11-14/h3-7,10-11H,2,8-9,18H2,1H3. The first-order valence-corrected chi connectivity index (χ1v) is 6.96. The van der Waals surface area contributed by atoms with Gasteiger partial charge in [0, 0.05) is 6.07 Å². The number of benzene rings is 2. The lowest BCUT2D eigenvalue weighted by atomic mass is 10.2. The predicted molar refractivity (Wildman–Crippen MR) is 82.7 cm³/mol. The maximum absolute atomic E-state index is 5.85. The quantitative estimate of drug-likeness (QED) is 0.647. The molecule has 2 N–H and O–H groups in total. The normalized spacial score (nSPS) is 10.3. The molecule has 3 nitrogen and oxygen atoms in total. The van der Waals surface area contributed by atoms with Gasteiger partial charge in [-0.15, -0.1) is 0 Å². The zero-order valence-electron chi connectivity index (χ0n) is 11.4. The molecule has 2 aromatic rings. The largest absolute Gasteiger partial charge is 0.490 e. The van der Waals surface area contributed by atoms with Gasteiger partial charge in [-0.25, -0.2) is 0 Å². The highest BCUT2D eigenvalue weighted by molar-refractivity contribution is 6.33. The number of ether oxygens (including phenoxy) is 2. The minimum atomic E-state index is 0.456. The fourth-order valence-electron chi connectivity index (χ4n) is 1.79. The van der Waals surface area contributed by atoms with Crippen LogP contribution in [0.25, 0.3) is 0 Å². The van der Waals surface area contributed by atoms with Crippen molar-refractivity contribution in [2.45, 2.75) is 13.3 Å². The second kappa shape index (κ2) is 7.06. The number of rotatable bonds is 6. The molecule has 0 bridgehead atoms. The molecule has 2 aromatic carbocycles. The molecule has 0 spiro atoms. The number of anilines is 1. The van der Waals surface area contributed by atoms with E-state index in [-0.39, 0.29) is 0 Å². The van der Waals surface area contributed by atoms with Crippen LogP contribution in [0.2, 0.25) is 5.02 Å². The lowest BCUT2D eigenvalue weighted by molar-refractivity contribution is 0.217. The average molecular weight is 292 g/mol. The van der Waals surface area contributed by atoms with Crippen LogP contribution in [0.15, 0.2) is 42.5 Å². The van der Waals surface area contributed by atoms with Crippen LogP contribution in [0.4, 0.5) is 5.69 Å². The first kappa shape index (κ1) is 14.5. The first-order chi connectivity index (χ1) is 9.69. The summed E-state index contributed by atoms with van der Waals surface area (Å²) in [4.78, 5) is 0. The van der Waals surface area contributed by atoms with E-state index < -0.39 is 0 Å². The van der Waals surface area contributed by atoms with Gasteiger partial charge in [0.25, 0.3) is 0 Å². The molecule has 0 heterocycles. The van der Waals surface area contributed by atoms with E-state index in [9.17, 15) is 0 Å². The van der Waals surface area contributed by atoms with Crippen LogP contribution in [0.3, 0.4) is 0 Å². The zero-order chi connectivity index (χ0) is 14.4. The molecule has 0 fully saturated rings. The Morgan fingerprint density at radius 1 is 1.00 bits per heavy atom. The Morgan fingerprint density at radius 2 is 1.70 bits per heavy atom. The van der Waals surface area contributed by atoms with Crippen LogP contribution >= 0.6 is 11.6 Å². The number of halogens is 1. The Labute approximate surface area is 124 Å². The van der Waals surface area contributed by atoms with Crippen LogP contribution in [0.1, 0.15) is 12.5 Å². The number of aryl methyl sites for hydroxylation is 1. The molecule has 0 saturated heterocycles. The van der Waals surface area contributed by atoms with Crippen LogP contribution < -0.4 is 15.2 Å². The smallest absolute Gasteiger partial charge is 0.122 e. The minimum Gasteiger partial charge on any atom is -0.490 e. The van der Waals surface area contributed by atoms with E-state index in [4.69, 9.17) is 26.8 Å². The third-order valence-electron chi connectivity index (χ3n) is 2.89. The van der Waals surface area contributed by atoms with E-state index in [1.54, 1.807) is 18.2 Å². The monoisotopic (exact) mass is 291 g/mol. The van der Waals surface area contributed by atoms with Gasteiger partial charge in [-0.05, 0) is 36.2 Å². The highest BCUT2D eigenvalue weighted by Gasteiger charge is 2.00. The maximum atomic E-state index is 5.85. The van der Waals surface area contributed by atoms with Crippen LogP contribution in [0, 0.1) is 0 Å². The lowest BCUT2D eigenvalue weighted by Gasteiger charge is -2.10. The Bertz CT molecular complexity index is 572. The lowest BCUT2D eigenvalue weighted by Crippen LogP contribution is -2.09. The van der Waals surface area contributed by atoms with Crippen molar-refractivity contribution in [1.29, 1.82) is 0 Å². The third kappa shape index (κ3) is 4.07. The highest BCUT2D eigenvalue weighted by Crippen LogP contribution is 2.23. The van der Waals surface area contributed by atoms with Gasteiger partial charge in [0.2, 0.25) is 0 Å². The summed E-state index contributed by atoms with van der Waals surface area (Å²) in [6.45, 7) is 3.06. The van der Waals surface area contributed by atoms with Crippen molar-refractivity contribution in [2.24, 2.45) is 0 Å². The van der Waals surface area contributed by atoms with Gasteiger partial charge < -0.3 is 15.2 Å². The summed E-state index contributed by atoms with van der Waals surface area (Å²) in [5, 5.41) is 0.532. The van der Waals surface area contributed by atoms with E-state index in [0.29, 0.717) is 29.7 Å². The molecule has 0 radical (unpaired) electrons. The predicted octanol–water partition coefficient (Wildman–Crippen LogP) is 3.94. The van der Waals surface area contributed by atoms with Gasteiger partial charge in [-0.3, -0.25) is 0 Å². The first-order valence-electron chi connectivity index (χ1n) is 6.58. The fourth-order valence-corrected chi connectivity index (χ4v) is 1.90. The molecular formula is C16H18ClNO2. The Kier molecular flexibility index (Phi) is 5.13. The molecule has 0 aromatic heterocycles. The van der Waals surface area contributed by atoms with Crippen molar-refractivity contribution in [3.05, 3.63) is 53.1 Å². The number of hydrogen-bond acceptors (Lipinski definition) is 3. The molecule has 20 heavy (non-hydrogen) atoms. The highest BCUT2D eigenvalue weighted by atomic mass is 35.5. The summed E-state index contributed by atoms with van der Waals surface area (Å²) < 4.78 is 11.2. The number of nitrogens with two attached hydrogens (primary N) is 1. The second-order valence-corrected chi connectivity index (χ2v) is 4.79. The van der Waals surface area contributed by atoms with Gasteiger partial charge in [-0.1, -0.05) is 30.7 Å². The van der Waals surface area contributed by atoms with E-state index in [0.717, 1.165) is 12.2 Å². The summed E-state index contributed by atoms with van der Waals surface area (Å²) in [7, 11) is 0. The number of nitrogen functional groups attached to an aromatic ring is 1. The van der Waals surface area contributed by atoms with E-state index in [1.165, 1.54) is 5.56 Å². The van der Waals surface area contributed by atoms with E-state index >= 15 is 0 Å². The van der Waals surface area contributed by atoms with E-state index in [2.05, 4.69) is 13.0 Å². The van der Waals surface area contributed by atoms with Gasteiger partial charge in [-0.2, -0.15) is 0 Å². The van der Waals surface area contributed by atoms with Crippen LogP contribution in [-0.2, 0) is 6.42 Å². The van der Waals surface area contributed by atoms with E-state index in [1.807, 2.05) is 18.2 Å². The Morgan fingerprint density at radius 3 is 2.35 bits per heavy atom. The molecule has 0 aliphatic heterocycles. The SMILES string of the molecule is CCc1cccc(OCCOc2ccc(Cl)c(N)c2)c1. The molecule has 106 valence electrons. The van der Waals surface area contributed by atoms with Gasteiger partial charge in [0.1, 0.15) is 24.7 Å². The summed E-state index contributed by atoms with van der Waals surface area (Å²) in [6, 6.07) is 13.3. The molecule has 0 atom stereocenters. The maximum Gasteiger partial charge on any atom is 0.122 e. The molecule has 4 heteroatoms. The second-order valence-electron chi connectivity index (χ2n) is 4.38. The van der Waals surface area contributed by atoms with Crippen LogP contribution in [0.5, 0.6) is 11.5 Å². The Balaban J connectivity index is 1.79. The summed E-state index contributed by atoms with van der Waals surface area (Å²) in [6.07, 6.45) is 0.998. The fraction of sp³-hybridized carbons (Fsp3) is 0.250. The Hall–Kier alpha value is -1.87. The van der Waals surface area contributed by atoms with Crippen molar-refractivity contribution in [1.82, 2.24) is 0 Å². The van der Waals surface area contributed by atoms with Crippen molar-refractivity contribution >= 4 is 17.3 Å². The third-order valence-corrected chi connectivity index (χ3v) is 3.24. The van der Waals surface area contributed by atoms with Gasteiger partial charge in [0.05, 0.1) is 10.7 Å². The van der Waals surface area contributed by atoms with Crippen molar-refractivity contribution in [3.8, 4) is 11.5 Å². The molecular weight excluding hydrogens is 274 g/mol. The molecule has 0 aliphatic rings. The zero-order valence-corrected chi connectivity index (χ0v) is 12.2. The molecule has 0 unspecified atom stereocenters. The van der Waals surface area contributed by atoms with Crippen molar-refractivity contribution in [2.75, 3.05) is 18.9 Å². The topological polar surface area (TPSA) is 44.5 Å².